The van der Waals surface area contributed by atoms with Gasteiger partial charge < -0.3 is 97.1 Å². The molecular weight excluding hydrogens is 1340 g/mol. The maximum absolute atomic E-state index is 14.1. The normalized spacial score (nSPS) is 33.4. The van der Waals surface area contributed by atoms with Crippen molar-refractivity contribution in [3.8, 4) is 67.5 Å². The number of hydrogen-bond donors (Lipinski definition) is 16. The van der Waals surface area contributed by atoms with E-state index in [2.05, 4.69) is 15.0 Å². The number of nitrogen functional groups attached to an aromatic ring is 3. The Hall–Kier alpha value is -10.1. The number of aliphatic hydroxyl groups is 10. The largest absolute Gasteiger partial charge is 0.503 e. The first kappa shape index (κ1) is 76.9. The van der Waals surface area contributed by atoms with Crippen molar-refractivity contribution in [2.75, 3.05) is 50.2 Å². The van der Waals surface area contributed by atoms with Crippen molar-refractivity contribution in [3.63, 3.8) is 0 Å². The van der Waals surface area contributed by atoms with E-state index in [0.717, 1.165) is 27.6 Å². The molecule has 0 spiro atoms. The lowest BCUT2D eigenvalue weighted by molar-refractivity contribution is -0.0925. The van der Waals surface area contributed by atoms with Crippen LogP contribution in [-0.2, 0) is 23.7 Å². The van der Waals surface area contributed by atoms with Gasteiger partial charge in [-0.2, -0.15) is 19.3 Å². The molecule has 528 valence electrons. The van der Waals surface area contributed by atoms with Crippen molar-refractivity contribution < 1.29 is 111 Å². The maximum atomic E-state index is 14.1. The topological polar surface area (TPSA) is 561 Å². The fraction of sp³-hybridized carbons (Fsp3) is 0.455. The second-order valence-electron chi connectivity index (χ2n) is 21.0. The number of ether oxygens (including phenoxy) is 5. The first-order valence-corrected chi connectivity index (χ1v) is 27.2. The van der Waals surface area contributed by atoms with Gasteiger partial charge in [0.05, 0.1) is 51.6 Å². The molecule has 20 unspecified atom stereocenters. The van der Waals surface area contributed by atoms with Crippen LogP contribution in [0, 0.1) is 73.4 Å². The predicted molar refractivity (Wildman–Crippen MR) is 311 cm³/mol. The number of aromatic amines is 2. The molecule has 10 heterocycles. The van der Waals surface area contributed by atoms with E-state index in [1.807, 2.05) is 34.6 Å². The summed E-state index contributed by atoms with van der Waals surface area (Å²) >= 11 is 0. The molecule has 0 saturated carbocycles. The number of aliphatic hydroxyl groups excluding tert-OH is 10. The number of nitrogens with one attached hydrogen (secondary N) is 2. The van der Waals surface area contributed by atoms with Crippen molar-refractivity contribution >= 4 is 17.5 Å². The lowest BCUT2D eigenvalue weighted by atomic mass is 9.98. The monoisotopic (exact) mass is 1400 g/mol. The van der Waals surface area contributed by atoms with Gasteiger partial charge in [0.25, 0.3) is 11.1 Å². The Morgan fingerprint density at radius 1 is 0.449 bits per heavy atom. The standard InChI is InChI=1S/C11H11F2N3O4.C11H10F2N2O5.C11H12FN3O5.C11H12FN3O4.C11H11FN2O5/c1-2-11(4-17)7(18)6(13)9(20-11)16-3-5(12)8(14)15-10(16)19;1-2-11(4-16)7(17)6(13)9(20-11)15-3-5(12)8(18)14-10(15)19;1-2-11(4-16)7(18)6(12)9(20-11)15-3-5(17)8(13)14-10(15)19;1-2-11(5-16)8(17)7(12)9(19-11)15-4-3-6(13)14-10(15)18;1-2-11(5-15)8(17)7(12)9(19-11)14-4-3-6(16)13-10(14)18/h1,3,6-7,9,17-18H,4H2,(H2,14,15,19);1,3,6-7,9,16-17H,4H2,(H,14,18,19);1,3,6-7,9,16-18H,4H2,(H2,13,14,19);1,3-4,7-9,16-17H,5H2,(H2,13,14,18);1,3-4,7-9,15,17H,5H2,(H,13,16,18). The molecular formula is C55H56F7N13O23. The van der Waals surface area contributed by atoms with E-state index < -0.39 is 222 Å². The Balaban J connectivity index is 0.000000193. The molecule has 5 aromatic heterocycles. The van der Waals surface area contributed by atoms with Crippen LogP contribution in [0.25, 0.3) is 0 Å². The SMILES string of the molecule is C#CC1(CO)OC(n2cc(F)c(=O)[nH]c2=O)C(F)C1O.C#CC1(CO)OC(n2cc(F)c(N)nc2=O)C(F)C1O.C#CC1(CO)OC(n2cc(O)c(N)nc2=O)C(F)C1O.C#CC1(CO)OC(n2ccc(=O)[nH]c2=O)C(F)C1O.C#CC1(CO)OC(n2ccc(N)nc2=O)C(F)C1O. The third kappa shape index (κ3) is 14.2. The number of H-pyrrole nitrogens is 2. The fourth-order valence-electron chi connectivity index (χ4n) is 9.54. The molecule has 10 rings (SSSR count). The maximum Gasteiger partial charge on any atom is 0.351 e. The molecule has 0 aromatic carbocycles. The quantitative estimate of drug-likeness (QED) is 0.0456. The summed E-state index contributed by atoms with van der Waals surface area (Å²) < 4.78 is 125. The van der Waals surface area contributed by atoms with Gasteiger partial charge >= 0.3 is 28.4 Å². The minimum absolute atomic E-state index is 0.0272. The summed E-state index contributed by atoms with van der Waals surface area (Å²) in [6, 6.07) is 2.28. The second kappa shape index (κ2) is 30.1. The molecule has 20 atom stereocenters. The van der Waals surface area contributed by atoms with Gasteiger partial charge in [-0.25, -0.2) is 50.3 Å². The van der Waals surface area contributed by atoms with Crippen LogP contribution in [0.5, 0.6) is 5.75 Å². The number of halogens is 7. The summed E-state index contributed by atoms with van der Waals surface area (Å²) in [6.45, 7) is -4.20. The Kier molecular flexibility index (Phi) is 23.6. The second-order valence-corrected chi connectivity index (χ2v) is 21.0. The number of hydrogen-bond acceptors (Lipinski definition) is 29. The highest BCUT2D eigenvalue weighted by Gasteiger charge is 2.60. The smallest absolute Gasteiger partial charge is 0.351 e. The first-order valence-electron chi connectivity index (χ1n) is 27.2. The molecule has 0 amide bonds. The van der Waals surface area contributed by atoms with Crippen LogP contribution in [-0.4, -0.2) is 226 Å². The third-order valence-corrected chi connectivity index (χ3v) is 15.2. The van der Waals surface area contributed by atoms with Gasteiger partial charge in [0.15, 0.2) is 113 Å². The predicted octanol–water partition coefficient (Wildman–Crippen LogP) is -8.51. The Morgan fingerprint density at radius 3 is 1.10 bits per heavy atom. The van der Waals surface area contributed by atoms with Crippen LogP contribution < -0.4 is 56.8 Å². The molecule has 5 aliphatic heterocycles. The number of nitrogens with zero attached hydrogens (tertiary/aromatic N) is 8. The van der Waals surface area contributed by atoms with Crippen molar-refractivity contribution in [2.45, 2.75) is 121 Å². The zero-order valence-electron chi connectivity index (χ0n) is 49.4. The fourth-order valence-corrected chi connectivity index (χ4v) is 9.54. The number of terminal acetylenes is 5. The van der Waals surface area contributed by atoms with E-state index in [1.54, 1.807) is 4.98 Å². The van der Waals surface area contributed by atoms with Gasteiger partial charge in [0.2, 0.25) is 5.82 Å². The zero-order valence-corrected chi connectivity index (χ0v) is 49.4. The molecule has 5 aromatic rings. The van der Waals surface area contributed by atoms with Crippen LogP contribution in [0.3, 0.4) is 0 Å². The third-order valence-electron chi connectivity index (χ3n) is 15.2. The summed E-state index contributed by atoms with van der Waals surface area (Å²) in [4.78, 5) is 93.0. The molecule has 0 aliphatic carbocycles. The Morgan fingerprint density at radius 2 is 0.755 bits per heavy atom. The van der Waals surface area contributed by atoms with Crippen LogP contribution >= 0.6 is 0 Å². The molecule has 5 fully saturated rings. The summed E-state index contributed by atoms with van der Waals surface area (Å²) in [6.07, 6.45) is 1.91. The molecule has 5 aliphatic rings. The Labute approximate surface area is 540 Å². The van der Waals surface area contributed by atoms with Gasteiger partial charge in [-0.3, -0.25) is 42.4 Å². The van der Waals surface area contributed by atoms with Crippen LogP contribution in [0.15, 0.2) is 76.7 Å². The Bertz CT molecular complexity index is 4320. The van der Waals surface area contributed by atoms with Gasteiger partial charge in [-0.05, 0) is 6.07 Å². The molecule has 43 heteroatoms. The van der Waals surface area contributed by atoms with Crippen molar-refractivity contribution in [1.82, 2.24) is 47.8 Å². The summed E-state index contributed by atoms with van der Waals surface area (Å²) in [7, 11) is 0. The average molecular weight is 1400 g/mol. The summed E-state index contributed by atoms with van der Waals surface area (Å²) in [5.41, 5.74) is -1.07. The van der Waals surface area contributed by atoms with Gasteiger partial charge in [0, 0.05) is 18.5 Å². The van der Waals surface area contributed by atoms with Gasteiger partial charge in [0.1, 0.15) is 36.3 Å². The van der Waals surface area contributed by atoms with Gasteiger partial charge in [-0.1, -0.05) is 29.6 Å². The number of nitrogens with two attached hydrogens (primary N) is 3. The lowest BCUT2D eigenvalue weighted by Crippen LogP contribution is -2.44. The lowest BCUT2D eigenvalue weighted by Gasteiger charge is -2.23. The number of rotatable bonds is 10. The molecule has 19 N–H and O–H groups in total. The minimum atomic E-state index is -2.19. The van der Waals surface area contributed by atoms with E-state index >= 15 is 0 Å². The summed E-state index contributed by atoms with van der Waals surface area (Å²) in [5.74, 6) is 5.76. The number of aromatic nitrogens is 10. The molecule has 98 heavy (non-hydrogen) atoms. The molecule has 0 radical (unpaired) electrons. The zero-order chi connectivity index (χ0) is 73.6. The highest BCUT2D eigenvalue weighted by Crippen LogP contribution is 2.42. The minimum Gasteiger partial charge on any atom is -0.503 e. The van der Waals surface area contributed by atoms with E-state index in [1.165, 1.54) is 12.3 Å². The van der Waals surface area contributed by atoms with E-state index in [0.29, 0.717) is 26.1 Å². The van der Waals surface area contributed by atoms with Crippen LogP contribution in [0.2, 0.25) is 0 Å². The average Bonchev–Trinajstić information content (AvgIpc) is 1.65. The van der Waals surface area contributed by atoms with E-state index in [-0.39, 0.29) is 5.82 Å². The van der Waals surface area contributed by atoms with E-state index in [4.69, 9.17) is 93.4 Å². The first-order chi connectivity index (χ1) is 46.0. The highest BCUT2D eigenvalue weighted by atomic mass is 19.2. The number of alkyl halides is 5. The highest BCUT2D eigenvalue weighted by molar-refractivity contribution is 5.42. The van der Waals surface area contributed by atoms with E-state index in [9.17, 15) is 100 Å². The number of anilines is 3. The van der Waals surface area contributed by atoms with Crippen molar-refractivity contribution in [2.24, 2.45) is 0 Å². The molecule has 5 saturated heterocycles. The molecule has 0 bridgehead atoms. The van der Waals surface area contributed by atoms with Crippen molar-refractivity contribution in [1.29, 1.82) is 0 Å². The van der Waals surface area contributed by atoms with Crippen LogP contribution in [0.4, 0.5) is 48.2 Å². The number of aromatic hydroxyl groups is 1. The molecule has 36 nitrogen and oxygen atoms in total. The van der Waals surface area contributed by atoms with Crippen LogP contribution in [0.1, 0.15) is 31.1 Å². The van der Waals surface area contributed by atoms with Gasteiger partial charge in [-0.15, -0.1) is 32.1 Å². The summed E-state index contributed by atoms with van der Waals surface area (Å²) in [5, 5.41) is 104. The van der Waals surface area contributed by atoms with Crippen molar-refractivity contribution in [3.05, 3.63) is 128 Å².